The number of aromatic nitrogens is 1. The van der Waals surface area contributed by atoms with Crippen LogP contribution in [0.5, 0.6) is 5.88 Å². The third-order valence-electron chi connectivity index (χ3n) is 2.88. The topological polar surface area (TPSA) is 25.4 Å². The molecule has 0 aliphatic rings. The Morgan fingerprint density at radius 1 is 1.28 bits per heavy atom. The van der Waals surface area contributed by atoms with Gasteiger partial charge in [0, 0.05) is 36.8 Å². The zero-order valence-corrected chi connectivity index (χ0v) is 12.4. The first-order valence-corrected chi connectivity index (χ1v) is 6.97. The summed E-state index contributed by atoms with van der Waals surface area (Å²) in [6.07, 6.45) is 1.73. The SMILES string of the molecule is CC(C)N(CCOc1cc(CCl)ccn1)C(C)C. The normalized spacial score (nSPS) is 11.6. The maximum Gasteiger partial charge on any atom is 0.213 e. The number of hydrogen-bond acceptors (Lipinski definition) is 3. The van der Waals surface area contributed by atoms with Gasteiger partial charge in [0.25, 0.3) is 0 Å². The fourth-order valence-electron chi connectivity index (χ4n) is 1.98. The molecule has 0 aromatic carbocycles. The summed E-state index contributed by atoms with van der Waals surface area (Å²) in [6, 6.07) is 4.84. The Labute approximate surface area is 115 Å². The van der Waals surface area contributed by atoms with Gasteiger partial charge in [-0.15, -0.1) is 11.6 Å². The van der Waals surface area contributed by atoms with E-state index < -0.39 is 0 Å². The van der Waals surface area contributed by atoms with Crippen LogP contribution in [0.4, 0.5) is 0 Å². The standard InChI is InChI=1S/C14H23ClN2O/c1-11(2)17(12(3)4)7-8-18-14-9-13(10-15)5-6-16-14/h5-6,9,11-12H,7-8,10H2,1-4H3. The van der Waals surface area contributed by atoms with Crippen molar-refractivity contribution in [3.63, 3.8) is 0 Å². The van der Waals surface area contributed by atoms with Gasteiger partial charge in [-0.1, -0.05) is 0 Å². The van der Waals surface area contributed by atoms with Crippen LogP contribution in [0.25, 0.3) is 0 Å². The molecule has 1 aromatic heterocycles. The Bertz CT molecular complexity index is 347. The summed E-state index contributed by atoms with van der Waals surface area (Å²) in [5.74, 6) is 1.14. The zero-order chi connectivity index (χ0) is 13.5. The Morgan fingerprint density at radius 2 is 1.94 bits per heavy atom. The molecular weight excluding hydrogens is 248 g/mol. The highest BCUT2D eigenvalue weighted by atomic mass is 35.5. The average Bonchev–Trinajstić information content (AvgIpc) is 2.34. The summed E-state index contributed by atoms with van der Waals surface area (Å²) in [6.45, 7) is 10.4. The van der Waals surface area contributed by atoms with Gasteiger partial charge in [0.2, 0.25) is 5.88 Å². The minimum absolute atomic E-state index is 0.489. The first kappa shape index (κ1) is 15.3. The summed E-state index contributed by atoms with van der Waals surface area (Å²) in [5, 5.41) is 0. The van der Waals surface area contributed by atoms with Gasteiger partial charge in [0.1, 0.15) is 6.61 Å². The molecule has 1 aromatic rings. The van der Waals surface area contributed by atoms with Crippen molar-refractivity contribution in [2.45, 2.75) is 45.7 Å². The highest BCUT2D eigenvalue weighted by molar-refractivity contribution is 6.17. The molecule has 0 aliphatic heterocycles. The molecule has 102 valence electrons. The molecule has 3 nitrogen and oxygen atoms in total. The molecular formula is C14H23ClN2O. The highest BCUT2D eigenvalue weighted by Gasteiger charge is 2.12. The van der Waals surface area contributed by atoms with E-state index in [2.05, 4.69) is 37.6 Å². The molecule has 0 atom stereocenters. The largest absolute Gasteiger partial charge is 0.476 e. The van der Waals surface area contributed by atoms with Crippen molar-refractivity contribution in [3.8, 4) is 5.88 Å². The lowest BCUT2D eigenvalue weighted by Gasteiger charge is -2.30. The molecule has 0 aliphatic carbocycles. The first-order valence-electron chi connectivity index (χ1n) is 6.44. The number of ether oxygens (including phenoxy) is 1. The summed E-state index contributed by atoms with van der Waals surface area (Å²) in [7, 11) is 0. The fraction of sp³-hybridized carbons (Fsp3) is 0.643. The van der Waals surface area contributed by atoms with Gasteiger partial charge in [0.05, 0.1) is 0 Å². The van der Waals surface area contributed by atoms with Crippen molar-refractivity contribution in [3.05, 3.63) is 23.9 Å². The Balaban J connectivity index is 2.44. The molecule has 0 bridgehead atoms. The maximum absolute atomic E-state index is 5.77. The molecule has 0 saturated heterocycles. The fourth-order valence-corrected chi connectivity index (χ4v) is 2.15. The van der Waals surface area contributed by atoms with E-state index in [0.717, 1.165) is 12.1 Å². The van der Waals surface area contributed by atoms with Gasteiger partial charge in [-0.25, -0.2) is 4.98 Å². The molecule has 0 spiro atoms. The number of pyridine rings is 1. The second-order valence-corrected chi connectivity index (χ2v) is 5.18. The maximum atomic E-state index is 5.77. The highest BCUT2D eigenvalue weighted by Crippen LogP contribution is 2.11. The quantitative estimate of drug-likeness (QED) is 0.711. The van der Waals surface area contributed by atoms with Crippen LogP contribution in [0.2, 0.25) is 0 Å². The first-order chi connectivity index (χ1) is 8.54. The lowest BCUT2D eigenvalue weighted by molar-refractivity contribution is 0.140. The number of alkyl halides is 1. The lowest BCUT2D eigenvalue weighted by Crippen LogP contribution is -2.39. The van der Waals surface area contributed by atoms with Gasteiger partial charge in [-0.2, -0.15) is 0 Å². The Hall–Kier alpha value is -0.800. The van der Waals surface area contributed by atoms with Crippen LogP contribution in [-0.4, -0.2) is 35.1 Å². The second kappa shape index (κ2) is 7.59. The van der Waals surface area contributed by atoms with Crippen LogP contribution < -0.4 is 4.74 Å². The van der Waals surface area contributed by atoms with Crippen molar-refractivity contribution in [2.24, 2.45) is 0 Å². The van der Waals surface area contributed by atoms with Gasteiger partial charge in [0.15, 0.2) is 0 Å². The van der Waals surface area contributed by atoms with Crippen LogP contribution in [0, 0.1) is 0 Å². The molecule has 0 N–H and O–H groups in total. The Morgan fingerprint density at radius 3 is 2.50 bits per heavy atom. The predicted octanol–water partition coefficient (Wildman–Crippen LogP) is 3.32. The van der Waals surface area contributed by atoms with Gasteiger partial charge in [-0.3, -0.25) is 4.90 Å². The van der Waals surface area contributed by atoms with Gasteiger partial charge in [-0.05, 0) is 39.3 Å². The second-order valence-electron chi connectivity index (χ2n) is 4.91. The van der Waals surface area contributed by atoms with E-state index >= 15 is 0 Å². The minimum atomic E-state index is 0.489. The van der Waals surface area contributed by atoms with Crippen molar-refractivity contribution >= 4 is 11.6 Å². The smallest absolute Gasteiger partial charge is 0.213 e. The monoisotopic (exact) mass is 270 g/mol. The van der Waals surface area contributed by atoms with E-state index in [1.807, 2.05) is 12.1 Å². The van der Waals surface area contributed by atoms with Gasteiger partial charge < -0.3 is 4.74 Å². The molecule has 18 heavy (non-hydrogen) atoms. The van der Waals surface area contributed by atoms with E-state index in [9.17, 15) is 0 Å². The van der Waals surface area contributed by atoms with E-state index in [1.165, 1.54) is 0 Å². The third-order valence-corrected chi connectivity index (χ3v) is 3.19. The summed E-state index contributed by atoms with van der Waals surface area (Å²) in [5.41, 5.74) is 1.03. The van der Waals surface area contributed by atoms with E-state index in [1.54, 1.807) is 6.20 Å². The van der Waals surface area contributed by atoms with E-state index in [4.69, 9.17) is 16.3 Å². The van der Waals surface area contributed by atoms with Crippen LogP contribution in [-0.2, 0) is 5.88 Å². The molecule has 0 fully saturated rings. The van der Waals surface area contributed by atoms with Crippen LogP contribution in [0.15, 0.2) is 18.3 Å². The number of nitrogens with zero attached hydrogens (tertiary/aromatic N) is 2. The zero-order valence-electron chi connectivity index (χ0n) is 11.7. The Kier molecular flexibility index (Phi) is 6.44. The van der Waals surface area contributed by atoms with Crippen LogP contribution in [0.1, 0.15) is 33.3 Å². The third kappa shape index (κ3) is 4.83. The molecule has 0 unspecified atom stereocenters. The predicted molar refractivity (Wildman–Crippen MR) is 76.3 cm³/mol. The molecule has 1 rings (SSSR count). The molecule has 0 saturated carbocycles. The number of rotatable bonds is 7. The average molecular weight is 271 g/mol. The van der Waals surface area contributed by atoms with Crippen molar-refractivity contribution in [1.82, 2.24) is 9.88 Å². The van der Waals surface area contributed by atoms with Crippen molar-refractivity contribution in [2.75, 3.05) is 13.2 Å². The lowest BCUT2D eigenvalue weighted by atomic mass is 10.2. The van der Waals surface area contributed by atoms with Crippen molar-refractivity contribution < 1.29 is 4.74 Å². The molecule has 0 radical (unpaired) electrons. The summed E-state index contributed by atoms with van der Waals surface area (Å²) < 4.78 is 5.67. The van der Waals surface area contributed by atoms with E-state index in [0.29, 0.717) is 30.5 Å². The van der Waals surface area contributed by atoms with Crippen LogP contribution >= 0.6 is 11.6 Å². The van der Waals surface area contributed by atoms with E-state index in [-0.39, 0.29) is 0 Å². The van der Waals surface area contributed by atoms with Crippen molar-refractivity contribution in [1.29, 1.82) is 0 Å². The number of halogens is 1. The number of hydrogen-bond donors (Lipinski definition) is 0. The molecule has 1 heterocycles. The minimum Gasteiger partial charge on any atom is -0.476 e. The summed E-state index contributed by atoms with van der Waals surface area (Å²) >= 11 is 5.77. The van der Waals surface area contributed by atoms with Gasteiger partial charge >= 0.3 is 0 Å². The summed E-state index contributed by atoms with van der Waals surface area (Å²) in [4.78, 5) is 6.57. The molecule has 0 amide bonds. The molecule has 4 heteroatoms. The van der Waals surface area contributed by atoms with Crippen LogP contribution in [0.3, 0.4) is 0 Å².